The molecule has 4 heterocycles. The van der Waals surface area contributed by atoms with Crippen LogP contribution in [0.1, 0.15) is 99.3 Å². The number of fused-ring (bicyclic) bond motifs is 2. The Hall–Kier alpha value is -3.53. The second kappa shape index (κ2) is 15.0. The van der Waals surface area contributed by atoms with Gasteiger partial charge in [0.15, 0.2) is 0 Å². The van der Waals surface area contributed by atoms with Crippen molar-refractivity contribution in [3.05, 3.63) is 50.7 Å². The molecule has 1 saturated heterocycles. The van der Waals surface area contributed by atoms with Crippen LogP contribution in [0, 0.1) is 11.3 Å². The van der Waals surface area contributed by atoms with Gasteiger partial charge in [-0.2, -0.15) is 15.2 Å². The highest BCUT2D eigenvalue weighted by Gasteiger charge is 2.46. The molecule has 1 fully saturated rings. The number of Topliss-reactive ketones (excluding diaryl/α,β-unsaturated/α-hetero) is 1. The molecule has 1 spiro atoms. The number of nitrogens with zero attached hydrogens (tertiary/aromatic N) is 5. The van der Waals surface area contributed by atoms with E-state index in [2.05, 4.69) is 33.0 Å². The third kappa shape index (κ3) is 6.60. The van der Waals surface area contributed by atoms with Crippen LogP contribution < -0.4 is 20.9 Å². The van der Waals surface area contributed by atoms with E-state index in [0.717, 1.165) is 61.9 Å². The molecule has 3 aliphatic rings. The Bertz CT molecular complexity index is 1510. The fourth-order valence-electron chi connectivity index (χ4n) is 6.33. The third-order valence-electron chi connectivity index (χ3n) is 8.33. The molecule has 6 rings (SSSR count). The minimum Gasteiger partial charge on any atom is -0.476 e. The number of thiazole rings is 1. The average molecular weight is 638 g/mol. The number of aryl methyl sites for hydroxylation is 1. The van der Waals surface area contributed by atoms with Crippen molar-refractivity contribution in [2.75, 3.05) is 25.9 Å². The average Bonchev–Trinajstić information content (AvgIpc) is 3.79. The first-order valence-corrected chi connectivity index (χ1v) is 17.2. The van der Waals surface area contributed by atoms with Gasteiger partial charge in [-0.1, -0.05) is 39.0 Å². The lowest BCUT2D eigenvalue weighted by Gasteiger charge is -2.42. The summed E-state index contributed by atoms with van der Waals surface area (Å²) in [5.41, 5.74) is 15.0. The molecule has 3 aromatic rings. The number of hydrogen-bond acceptors (Lipinski definition) is 12. The van der Waals surface area contributed by atoms with Gasteiger partial charge in [0.2, 0.25) is 23.4 Å². The molecule has 0 saturated carbocycles. The van der Waals surface area contributed by atoms with Crippen LogP contribution in [0.25, 0.3) is 0 Å². The molecule has 12 heteroatoms. The molecule has 236 valence electrons. The van der Waals surface area contributed by atoms with Gasteiger partial charge in [0.1, 0.15) is 17.7 Å². The SMILES string of the molecule is CC.CC.CN1CCC[C@H]1COc1cc(Oc2nccs2)nc(C(=O)C2=C(N)[C@@]3(CCC2)CCCc2sc(N)c(C#N)c23)n1. The molecule has 44 heavy (non-hydrogen) atoms. The van der Waals surface area contributed by atoms with Crippen molar-refractivity contribution in [2.24, 2.45) is 5.73 Å². The summed E-state index contributed by atoms with van der Waals surface area (Å²) in [5, 5.41) is 12.7. The van der Waals surface area contributed by atoms with Crippen molar-refractivity contribution in [1.29, 1.82) is 5.26 Å². The van der Waals surface area contributed by atoms with Gasteiger partial charge in [-0.05, 0) is 70.5 Å². The van der Waals surface area contributed by atoms with Gasteiger partial charge in [0.05, 0.1) is 11.6 Å². The zero-order chi connectivity index (χ0) is 31.9. The smallest absolute Gasteiger partial charge is 0.279 e. The van der Waals surface area contributed by atoms with Gasteiger partial charge < -0.3 is 25.8 Å². The van der Waals surface area contributed by atoms with Crippen LogP contribution >= 0.6 is 22.7 Å². The molecule has 3 aromatic heterocycles. The lowest BCUT2D eigenvalue weighted by molar-refractivity contribution is 0.101. The number of ketones is 1. The Morgan fingerprint density at radius 1 is 1.14 bits per heavy atom. The van der Waals surface area contributed by atoms with Crippen molar-refractivity contribution in [2.45, 2.75) is 90.5 Å². The predicted molar refractivity (Wildman–Crippen MR) is 176 cm³/mol. The van der Waals surface area contributed by atoms with Crippen LogP contribution in [-0.4, -0.2) is 51.9 Å². The largest absolute Gasteiger partial charge is 0.476 e. The van der Waals surface area contributed by atoms with Crippen molar-refractivity contribution >= 4 is 33.5 Å². The Morgan fingerprint density at radius 2 is 1.86 bits per heavy atom. The van der Waals surface area contributed by atoms with E-state index in [1.807, 2.05) is 27.7 Å². The fourth-order valence-corrected chi connectivity index (χ4v) is 7.99. The third-order valence-corrected chi connectivity index (χ3v) is 10.1. The summed E-state index contributed by atoms with van der Waals surface area (Å²) < 4.78 is 11.9. The zero-order valence-electron chi connectivity index (χ0n) is 26.3. The quantitative estimate of drug-likeness (QED) is 0.270. The van der Waals surface area contributed by atoms with Gasteiger partial charge >= 0.3 is 0 Å². The number of carbonyl (C=O) groups excluding carboxylic acids is 1. The van der Waals surface area contributed by atoms with E-state index in [9.17, 15) is 10.1 Å². The van der Waals surface area contributed by atoms with E-state index in [4.69, 9.17) is 20.9 Å². The summed E-state index contributed by atoms with van der Waals surface area (Å²) in [7, 11) is 2.08. The van der Waals surface area contributed by atoms with Gasteiger partial charge in [-0.3, -0.25) is 4.79 Å². The van der Waals surface area contributed by atoms with E-state index >= 15 is 0 Å². The van der Waals surface area contributed by atoms with Crippen molar-refractivity contribution in [1.82, 2.24) is 19.9 Å². The molecule has 2 atom stereocenters. The van der Waals surface area contributed by atoms with Crippen LogP contribution in [0.3, 0.4) is 0 Å². The number of nitrogens with two attached hydrogens (primary N) is 2. The first-order valence-electron chi connectivity index (χ1n) is 15.5. The number of nitrogen functional groups attached to an aromatic ring is 1. The molecule has 0 radical (unpaired) electrons. The number of likely N-dealkylation sites (N-methyl/N-ethyl adjacent to an activating group) is 1. The highest BCUT2D eigenvalue weighted by Crippen LogP contribution is 2.53. The molecular formula is C32H43N7O3S2. The molecule has 0 aromatic carbocycles. The van der Waals surface area contributed by atoms with E-state index in [-0.39, 0.29) is 29.4 Å². The van der Waals surface area contributed by atoms with E-state index < -0.39 is 5.41 Å². The summed E-state index contributed by atoms with van der Waals surface area (Å²) in [6, 6.07) is 4.17. The number of carbonyl (C=O) groups is 1. The second-order valence-electron chi connectivity index (χ2n) is 10.6. The van der Waals surface area contributed by atoms with Crippen LogP contribution in [0.4, 0.5) is 5.00 Å². The Kier molecular flexibility index (Phi) is 11.4. The maximum Gasteiger partial charge on any atom is 0.279 e. The van der Waals surface area contributed by atoms with Gasteiger partial charge in [0, 0.05) is 39.2 Å². The number of rotatable bonds is 7. The molecule has 1 aliphatic heterocycles. The van der Waals surface area contributed by atoms with Crippen molar-refractivity contribution < 1.29 is 14.3 Å². The number of thiophene rings is 1. The molecule has 0 unspecified atom stereocenters. The first-order chi connectivity index (χ1) is 21.4. The zero-order valence-corrected chi connectivity index (χ0v) is 27.9. The van der Waals surface area contributed by atoms with Crippen LogP contribution in [0.15, 0.2) is 28.9 Å². The number of nitriles is 1. The van der Waals surface area contributed by atoms with E-state index in [0.29, 0.717) is 40.1 Å². The number of likely N-dealkylation sites (tertiary alicyclic amines) is 1. The predicted octanol–water partition coefficient (Wildman–Crippen LogP) is 6.62. The van der Waals surface area contributed by atoms with Crippen molar-refractivity contribution in [3.8, 4) is 23.0 Å². The standard InChI is InChI=1S/C28H31N7O3S2.2C2H6/c1-35-11-4-5-16(35)15-37-20-13-21(38-27-32-10-12-39-27)34-26(33-20)23(36)17-6-2-8-28(24(17)30)9-3-7-19-22(28)18(14-29)25(31)40-19;2*1-2/h10,12-13,16H,2-9,11,15,30-31H2,1H3;2*1-2H3/t16-,28-;;/m0../s1. The van der Waals surface area contributed by atoms with Crippen LogP contribution in [-0.2, 0) is 11.8 Å². The van der Waals surface area contributed by atoms with Crippen LogP contribution in [0.2, 0.25) is 0 Å². The number of hydrogen-bond donors (Lipinski definition) is 2. The van der Waals surface area contributed by atoms with Gasteiger partial charge in [-0.25, -0.2) is 4.98 Å². The lowest BCUT2D eigenvalue weighted by atomic mass is 9.62. The summed E-state index contributed by atoms with van der Waals surface area (Å²) >= 11 is 2.79. The maximum atomic E-state index is 14.0. The Morgan fingerprint density at radius 3 is 2.52 bits per heavy atom. The molecule has 0 amide bonds. The van der Waals surface area contributed by atoms with Gasteiger partial charge in [0.25, 0.3) is 5.19 Å². The minimum atomic E-state index is -0.586. The summed E-state index contributed by atoms with van der Waals surface area (Å²) in [6.07, 6.45) is 8.38. The number of allylic oxidation sites excluding steroid dienone is 2. The highest BCUT2D eigenvalue weighted by atomic mass is 32.1. The Labute approximate surface area is 268 Å². The molecule has 2 aliphatic carbocycles. The fraction of sp³-hybridized carbons (Fsp3) is 0.531. The van der Waals surface area contributed by atoms with E-state index in [1.165, 1.54) is 22.7 Å². The first kappa shape index (κ1) is 33.4. The molecule has 0 bridgehead atoms. The topological polar surface area (TPSA) is 153 Å². The molecule has 10 nitrogen and oxygen atoms in total. The summed E-state index contributed by atoms with van der Waals surface area (Å²) in [6.45, 7) is 9.48. The normalized spacial score (nSPS) is 21.0. The molecule has 4 N–H and O–H groups in total. The number of aromatic nitrogens is 3. The number of ether oxygens (including phenoxy) is 2. The Balaban J connectivity index is 0.00000106. The second-order valence-corrected chi connectivity index (χ2v) is 12.6. The van der Waals surface area contributed by atoms with E-state index in [1.54, 1.807) is 17.6 Å². The summed E-state index contributed by atoms with van der Waals surface area (Å²) in [5.74, 6) is 0.0790. The lowest BCUT2D eigenvalue weighted by Crippen LogP contribution is -2.41. The highest BCUT2D eigenvalue weighted by molar-refractivity contribution is 7.16. The van der Waals surface area contributed by atoms with Crippen LogP contribution in [0.5, 0.6) is 17.0 Å². The molecular weight excluding hydrogens is 595 g/mol. The minimum absolute atomic E-state index is 0.0276. The van der Waals surface area contributed by atoms with Crippen molar-refractivity contribution in [3.63, 3.8) is 0 Å². The monoisotopic (exact) mass is 637 g/mol. The summed E-state index contributed by atoms with van der Waals surface area (Å²) in [4.78, 5) is 30.6. The number of anilines is 1. The van der Waals surface area contributed by atoms with Gasteiger partial charge in [-0.15, -0.1) is 11.3 Å². The maximum absolute atomic E-state index is 14.0.